The van der Waals surface area contributed by atoms with Crippen LogP contribution in [0.4, 0.5) is 19.0 Å². The summed E-state index contributed by atoms with van der Waals surface area (Å²) >= 11 is 0. The van der Waals surface area contributed by atoms with Crippen LogP contribution in [0.25, 0.3) is 0 Å². The summed E-state index contributed by atoms with van der Waals surface area (Å²) in [6.07, 6.45) is -1.99. The van der Waals surface area contributed by atoms with Gasteiger partial charge >= 0.3 is 12.1 Å². The van der Waals surface area contributed by atoms with Crippen LogP contribution >= 0.6 is 0 Å². The number of carboxylic acids is 1. The van der Waals surface area contributed by atoms with Crippen LogP contribution in [-0.4, -0.2) is 39.8 Å². The molecule has 0 radical (unpaired) electrons. The van der Waals surface area contributed by atoms with E-state index in [1.807, 2.05) is 0 Å². The smallest absolute Gasteiger partial charge is 0.393 e. The molecule has 0 aliphatic carbocycles. The van der Waals surface area contributed by atoms with Gasteiger partial charge in [-0.05, 0) is 13.3 Å². The molecule has 0 amide bonds. The number of aromatic nitrogens is 2. The van der Waals surface area contributed by atoms with Crippen LogP contribution < -0.4 is 4.90 Å². The van der Waals surface area contributed by atoms with Gasteiger partial charge in [-0.1, -0.05) is 0 Å². The molecule has 1 aromatic heterocycles. The van der Waals surface area contributed by atoms with Gasteiger partial charge in [-0.25, -0.2) is 14.8 Å². The van der Waals surface area contributed by atoms with Crippen LogP contribution in [0.3, 0.4) is 0 Å². The maximum atomic E-state index is 12.7. The highest BCUT2D eigenvalue weighted by Gasteiger charge is 2.48. The largest absolute Gasteiger partial charge is 0.476 e. The lowest BCUT2D eigenvalue weighted by Crippen LogP contribution is -2.36. The monoisotopic (exact) mass is 275 g/mol. The standard InChI is InChI=1S/C11H12F3N3O2/c1-6-7(11(12,13)14)2-3-17(6)9-5-15-8(4-16-9)10(18)19/h4-7H,2-3H2,1H3,(H,18,19). The molecule has 1 aliphatic rings. The summed E-state index contributed by atoms with van der Waals surface area (Å²) in [5, 5.41) is 8.68. The number of aromatic carboxylic acids is 1. The van der Waals surface area contributed by atoms with Gasteiger partial charge in [0.1, 0.15) is 5.82 Å². The molecule has 1 fully saturated rings. The minimum Gasteiger partial charge on any atom is -0.476 e. The number of anilines is 1. The number of hydrogen-bond donors (Lipinski definition) is 1. The first-order valence-electron chi connectivity index (χ1n) is 5.69. The van der Waals surface area contributed by atoms with Gasteiger partial charge in [-0.15, -0.1) is 0 Å². The Morgan fingerprint density at radius 2 is 2.11 bits per heavy atom. The summed E-state index contributed by atoms with van der Waals surface area (Å²) in [6, 6.07) is -0.732. The van der Waals surface area contributed by atoms with Crippen molar-refractivity contribution in [1.82, 2.24) is 9.97 Å². The Kier molecular flexibility index (Phi) is 3.34. The van der Waals surface area contributed by atoms with Gasteiger partial charge in [0.25, 0.3) is 0 Å². The Bertz CT molecular complexity index is 475. The Labute approximate surface area is 107 Å². The zero-order valence-corrected chi connectivity index (χ0v) is 10.1. The van der Waals surface area contributed by atoms with Crippen molar-refractivity contribution < 1.29 is 23.1 Å². The van der Waals surface area contributed by atoms with E-state index >= 15 is 0 Å². The van der Waals surface area contributed by atoms with Crippen molar-refractivity contribution in [2.75, 3.05) is 11.4 Å². The van der Waals surface area contributed by atoms with Crippen molar-refractivity contribution in [2.24, 2.45) is 5.92 Å². The molecule has 1 saturated heterocycles. The SMILES string of the molecule is CC1C(C(F)(F)F)CCN1c1cnc(C(=O)O)cn1. The van der Waals surface area contributed by atoms with E-state index in [9.17, 15) is 18.0 Å². The molecule has 5 nitrogen and oxygen atoms in total. The fraction of sp³-hybridized carbons (Fsp3) is 0.545. The second-order valence-corrected chi connectivity index (χ2v) is 4.44. The summed E-state index contributed by atoms with van der Waals surface area (Å²) in [5.74, 6) is -2.35. The molecule has 1 aromatic rings. The van der Waals surface area contributed by atoms with Gasteiger partial charge in [0.05, 0.1) is 18.3 Å². The third-order valence-electron chi connectivity index (χ3n) is 3.33. The van der Waals surface area contributed by atoms with Crippen LogP contribution in [0.2, 0.25) is 0 Å². The first kappa shape index (κ1) is 13.6. The second-order valence-electron chi connectivity index (χ2n) is 4.44. The topological polar surface area (TPSA) is 66.3 Å². The van der Waals surface area contributed by atoms with E-state index in [1.165, 1.54) is 18.0 Å². The Balaban J connectivity index is 2.17. The van der Waals surface area contributed by atoms with Gasteiger partial charge in [0.2, 0.25) is 0 Å². The minimum absolute atomic E-state index is 0.00697. The number of nitrogens with zero attached hydrogens (tertiary/aromatic N) is 3. The third-order valence-corrected chi connectivity index (χ3v) is 3.33. The van der Waals surface area contributed by atoms with Crippen molar-refractivity contribution in [3.63, 3.8) is 0 Å². The van der Waals surface area contributed by atoms with Crippen LogP contribution in [0, 0.1) is 5.92 Å². The fourth-order valence-electron chi connectivity index (χ4n) is 2.28. The zero-order chi connectivity index (χ0) is 14.2. The molecule has 0 saturated carbocycles. The molecular formula is C11H12F3N3O2. The van der Waals surface area contributed by atoms with E-state index in [4.69, 9.17) is 5.11 Å². The van der Waals surface area contributed by atoms with Crippen molar-refractivity contribution >= 4 is 11.8 Å². The normalized spacial score (nSPS) is 23.7. The van der Waals surface area contributed by atoms with E-state index in [0.717, 1.165) is 6.20 Å². The highest BCUT2D eigenvalue weighted by molar-refractivity contribution is 5.84. The lowest BCUT2D eigenvalue weighted by molar-refractivity contribution is -0.174. The molecular weight excluding hydrogens is 263 g/mol. The summed E-state index contributed by atoms with van der Waals surface area (Å²) in [4.78, 5) is 19.6. The second kappa shape index (κ2) is 4.67. The summed E-state index contributed by atoms with van der Waals surface area (Å²) in [7, 11) is 0. The van der Waals surface area contributed by atoms with Crippen molar-refractivity contribution in [1.29, 1.82) is 0 Å². The third kappa shape index (κ3) is 2.61. The zero-order valence-electron chi connectivity index (χ0n) is 10.1. The summed E-state index contributed by atoms with van der Waals surface area (Å²) in [5.41, 5.74) is -0.233. The minimum atomic E-state index is -4.23. The van der Waals surface area contributed by atoms with E-state index in [-0.39, 0.29) is 24.5 Å². The van der Waals surface area contributed by atoms with Gasteiger partial charge in [0, 0.05) is 12.6 Å². The molecule has 8 heteroatoms. The average Bonchev–Trinajstić information content (AvgIpc) is 2.71. The molecule has 19 heavy (non-hydrogen) atoms. The van der Waals surface area contributed by atoms with Gasteiger partial charge in [-0.3, -0.25) is 0 Å². The first-order valence-corrected chi connectivity index (χ1v) is 5.69. The highest BCUT2D eigenvalue weighted by atomic mass is 19.4. The molecule has 2 unspecified atom stereocenters. The lowest BCUT2D eigenvalue weighted by Gasteiger charge is -2.26. The van der Waals surface area contributed by atoms with Crippen molar-refractivity contribution in [2.45, 2.75) is 25.6 Å². The van der Waals surface area contributed by atoms with Gasteiger partial charge in [0.15, 0.2) is 5.69 Å². The van der Waals surface area contributed by atoms with Crippen molar-refractivity contribution in [3.05, 3.63) is 18.1 Å². The number of carbonyl (C=O) groups is 1. The van der Waals surface area contributed by atoms with E-state index in [0.29, 0.717) is 0 Å². The molecule has 0 bridgehead atoms. The van der Waals surface area contributed by atoms with Crippen LogP contribution in [0.15, 0.2) is 12.4 Å². The predicted octanol–water partition coefficient (Wildman–Crippen LogP) is 1.95. The molecule has 0 spiro atoms. The Hall–Kier alpha value is -1.86. The molecule has 0 aromatic carbocycles. The quantitative estimate of drug-likeness (QED) is 0.893. The number of carboxylic acid groups (broad SMARTS) is 1. The number of hydrogen-bond acceptors (Lipinski definition) is 4. The number of halogens is 3. The Morgan fingerprint density at radius 1 is 1.42 bits per heavy atom. The van der Waals surface area contributed by atoms with E-state index < -0.39 is 24.1 Å². The molecule has 2 atom stereocenters. The summed E-state index contributed by atoms with van der Waals surface area (Å²) in [6.45, 7) is 1.71. The first-order chi connectivity index (χ1) is 8.80. The van der Waals surface area contributed by atoms with E-state index in [2.05, 4.69) is 9.97 Å². The Morgan fingerprint density at radius 3 is 2.53 bits per heavy atom. The number of alkyl halides is 3. The predicted molar refractivity (Wildman–Crippen MR) is 60.0 cm³/mol. The summed E-state index contributed by atoms with van der Waals surface area (Å²) < 4.78 is 38.2. The molecule has 2 heterocycles. The fourth-order valence-corrected chi connectivity index (χ4v) is 2.28. The molecule has 1 aliphatic heterocycles. The average molecular weight is 275 g/mol. The highest BCUT2D eigenvalue weighted by Crippen LogP contribution is 2.39. The van der Waals surface area contributed by atoms with Crippen LogP contribution in [0.5, 0.6) is 0 Å². The van der Waals surface area contributed by atoms with Crippen molar-refractivity contribution in [3.8, 4) is 0 Å². The van der Waals surface area contributed by atoms with Crippen LogP contribution in [-0.2, 0) is 0 Å². The molecule has 1 N–H and O–H groups in total. The lowest BCUT2D eigenvalue weighted by atomic mass is 10.0. The van der Waals surface area contributed by atoms with Gasteiger partial charge in [-0.2, -0.15) is 13.2 Å². The maximum absolute atomic E-state index is 12.7. The maximum Gasteiger partial charge on any atom is 0.393 e. The van der Waals surface area contributed by atoms with E-state index in [1.54, 1.807) is 0 Å². The van der Waals surface area contributed by atoms with Crippen LogP contribution in [0.1, 0.15) is 23.8 Å². The number of rotatable bonds is 2. The molecule has 104 valence electrons. The molecule has 2 rings (SSSR count). The van der Waals surface area contributed by atoms with Gasteiger partial charge < -0.3 is 10.0 Å².